The van der Waals surface area contributed by atoms with E-state index in [-0.39, 0.29) is 13.2 Å². The van der Waals surface area contributed by atoms with Crippen molar-refractivity contribution in [3.05, 3.63) is 23.3 Å². The first-order valence-electron chi connectivity index (χ1n) is 4.66. The molecule has 1 aromatic carbocycles. The SMILES string of the molecule is CCOc1c(F)c(F)c(F)c(F)c1OCC. The van der Waals surface area contributed by atoms with Crippen molar-refractivity contribution in [1.82, 2.24) is 0 Å². The molecule has 6 heteroatoms. The highest BCUT2D eigenvalue weighted by Crippen LogP contribution is 2.36. The lowest BCUT2D eigenvalue weighted by molar-refractivity contribution is 0.249. The molecule has 0 unspecified atom stereocenters. The first kappa shape index (κ1) is 12.6. The Labute approximate surface area is 89.8 Å². The molecular formula is C10H10F4O2. The summed E-state index contributed by atoms with van der Waals surface area (Å²) >= 11 is 0. The van der Waals surface area contributed by atoms with Crippen molar-refractivity contribution in [1.29, 1.82) is 0 Å². The summed E-state index contributed by atoms with van der Waals surface area (Å²) in [4.78, 5) is 0. The molecule has 0 aromatic heterocycles. The quantitative estimate of drug-likeness (QED) is 0.456. The van der Waals surface area contributed by atoms with Crippen LogP contribution in [0.1, 0.15) is 13.8 Å². The zero-order chi connectivity index (χ0) is 12.3. The number of halogens is 4. The van der Waals surface area contributed by atoms with Crippen LogP contribution in [0.25, 0.3) is 0 Å². The number of ether oxygens (including phenoxy) is 2. The van der Waals surface area contributed by atoms with Gasteiger partial charge in [0.1, 0.15) is 0 Å². The Balaban J connectivity index is 3.42. The third kappa shape index (κ3) is 2.05. The van der Waals surface area contributed by atoms with Crippen LogP contribution in [0.4, 0.5) is 17.6 Å². The molecule has 0 amide bonds. The fourth-order valence-corrected chi connectivity index (χ4v) is 1.14. The lowest BCUT2D eigenvalue weighted by atomic mass is 10.2. The predicted octanol–water partition coefficient (Wildman–Crippen LogP) is 3.04. The molecule has 0 saturated carbocycles. The van der Waals surface area contributed by atoms with E-state index in [0.717, 1.165) is 0 Å². The van der Waals surface area contributed by atoms with Gasteiger partial charge in [-0.3, -0.25) is 0 Å². The summed E-state index contributed by atoms with van der Waals surface area (Å²) < 4.78 is 61.6. The third-order valence-corrected chi connectivity index (χ3v) is 1.76. The van der Waals surface area contributed by atoms with Gasteiger partial charge in [0.2, 0.25) is 34.8 Å². The molecule has 0 spiro atoms. The summed E-state index contributed by atoms with van der Waals surface area (Å²) in [5.74, 6) is -8.51. The second-order valence-electron chi connectivity index (χ2n) is 2.78. The molecule has 0 radical (unpaired) electrons. The molecule has 16 heavy (non-hydrogen) atoms. The van der Waals surface area contributed by atoms with E-state index in [4.69, 9.17) is 9.47 Å². The normalized spacial score (nSPS) is 10.4. The number of benzene rings is 1. The van der Waals surface area contributed by atoms with Crippen LogP contribution < -0.4 is 9.47 Å². The fourth-order valence-electron chi connectivity index (χ4n) is 1.14. The number of rotatable bonds is 4. The summed E-state index contributed by atoms with van der Waals surface area (Å²) in [5.41, 5.74) is 0. The molecule has 0 aliphatic heterocycles. The molecule has 0 fully saturated rings. The van der Waals surface area contributed by atoms with Crippen molar-refractivity contribution in [2.24, 2.45) is 0 Å². The molecular weight excluding hydrogens is 228 g/mol. The van der Waals surface area contributed by atoms with E-state index in [1.54, 1.807) is 0 Å². The van der Waals surface area contributed by atoms with Gasteiger partial charge in [-0.05, 0) is 13.8 Å². The molecule has 0 bridgehead atoms. The van der Waals surface area contributed by atoms with E-state index in [9.17, 15) is 17.6 Å². The van der Waals surface area contributed by atoms with Gasteiger partial charge in [0, 0.05) is 0 Å². The minimum absolute atomic E-state index is 0.0263. The highest BCUT2D eigenvalue weighted by molar-refractivity contribution is 5.43. The first-order valence-corrected chi connectivity index (χ1v) is 4.66. The van der Waals surface area contributed by atoms with E-state index >= 15 is 0 Å². The van der Waals surface area contributed by atoms with Crippen LogP contribution in [0.5, 0.6) is 11.5 Å². The third-order valence-electron chi connectivity index (χ3n) is 1.76. The van der Waals surface area contributed by atoms with Crippen LogP contribution in [0.3, 0.4) is 0 Å². The minimum Gasteiger partial charge on any atom is -0.487 e. The van der Waals surface area contributed by atoms with Gasteiger partial charge in [-0.1, -0.05) is 0 Å². The van der Waals surface area contributed by atoms with E-state index in [0.29, 0.717) is 0 Å². The van der Waals surface area contributed by atoms with Gasteiger partial charge < -0.3 is 9.47 Å². The van der Waals surface area contributed by atoms with Gasteiger partial charge in [-0.25, -0.2) is 8.78 Å². The molecule has 2 nitrogen and oxygen atoms in total. The molecule has 0 N–H and O–H groups in total. The summed E-state index contributed by atoms with van der Waals surface area (Å²) in [6.45, 7) is 2.94. The van der Waals surface area contributed by atoms with E-state index in [2.05, 4.69) is 0 Å². The molecule has 1 rings (SSSR count). The molecule has 0 saturated heterocycles. The average molecular weight is 238 g/mol. The molecule has 1 aromatic rings. The van der Waals surface area contributed by atoms with Crippen LogP contribution in [-0.4, -0.2) is 13.2 Å². The molecule has 0 atom stereocenters. The second kappa shape index (κ2) is 5.05. The van der Waals surface area contributed by atoms with E-state index in [1.165, 1.54) is 13.8 Å². The Kier molecular flexibility index (Phi) is 3.98. The number of hydrogen-bond donors (Lipinski definition) is 0. The monoisotopic (exact) mass is 238 g/mol. The summed E-state index contributed by atoms with van der Waals surface area (Å²) in [7, 11) is 0. The molecule has 0 aliphatic rings. The highest BCUT2D eigenvalue weighted by atomic mass is 19.2. The summed E-state index contributed by atoms with van der Waals surface area (Å²) in [6, 6.07) is 0. The minimum atomic E-state index is -1.91. The Morgan fingerprint density at radius 2 is 1.00 bits per heavy atom. The summed E-state index contributed by atoms with van der Waals surface area (Å²) in [6.07, 6.45) is 0. The maximum atomic E-state index is 13.2. The van der Waals surface area contributed by atoms with Gasteiger partial charge in [0.25, 0.3) is 0 Å². The van der Waals surface area contributed by atoms with Crippen molar-refractivity contribution in [3.8, 4) is 11.5 Å². The zero-order valence-electron chi connectivity index (χ0n) is 8.74. The van der Waals surface area contributed by atoms with Crippen molar-refractivity contribution in [2.45, 2.75) is 13.8 Å². The van der Waals surface area contributed by atoms with E-state index in [1.807, 2.05) is 0 Å². The van der Waals surface area contributed by atoms with Crippen molar-refractivity contribution < 1.29 is 27.0 Å². The number of hydrogen-bond acceptors (Lipinski definition) is 2. The van der Waals surface area contributed by atoms with E-state index < -0.39 is 34.8 Å². The van der Waals surface area contributed by atoms with Crippen LogP contribution in [0, 0.1) is 23.3 Å². The Morgan fingerprint density at radius 3 is 1.25 bits per heavy atom. The van der Waals surface area contributed by atoms with Crippen molar-refractivity contribution in [2.75, 3.05) is 13.2 Å². The Bertz CT molecular complexity index is 356. The zero-order valence-corrected chi connectivity index (χ0v) is 8.74. The molecule has 90 valence electrons. The van der Waals surface area contributed by atoms with Crippen LogP contribution >= 0.6 is 0 Å². The second-order valence-corrected chi connectivity index (χ2v) is 2.78. The Hall–Kier alpha value is -1.46. The van der Waals surface area contributed by atoms with Crippen molar-refractivity contribution >= 4 is 0 Å². The smallest absolute Gasteiger partial charge is 0.207 e. The van der Waals surface area contributed by atoms with Gasteiger partial charge in [0.15, 0.2) is 0 Å². The lowest BCUT2D eigenvalue weighted by Gasteiger charge is -2.13. The maximum Gasteiger partial charge on any atom is 0.207 e. The first-order chi connectivity index (χ1) is 7.54. The Morgan fingerprint density at radius 1 is 0.688 bits per heavy atom. The average Bonchev–Trinajstić information content (AvgIpc) is 2.28. The largest absolute Gasteiger partial charge is 0.487 e. The van der Waals surface area contributed by atoms with Crippen molar-refractivity contribution in [3.63, 3.8) is 0 Å². The van der Waals surface area contributed by atoms with Crippen LogP contribution in [0.15, 0.2) is 0 Å². The standard InChI is InChI=1S/C10H10F4O2/c1-3-15-9-7(13)5(11)6(12)8(14)10(9)16-4-2/h3-4H2,1-2H3. The topological polar surface area (TPSA) is 18.5 Å². The van der Waals surface area contributed by atoms with Gasteiger partial charge in [-0.2, -0.15) is 8.78 Å². The molecule has 0 aliphatic carbocycles. The van der Waals surface area contributed by atoms with Crippen LogP contribution in [-0.2, 0) is 0 Å². The van der Waals surface area contributed by atoms with Crippen LogP contribution in [0.2, 0.25) is 0 Å². The predicted molar refractivity (Wildman–Crippen MR) is 48.6 cm³/mol. The summed E-state index contributed by atoms with van der Waals surface area (Å²) in [5, 5.41) is 0. The van der Waals surface area contributed by atoms with Gasteiger partial charge in [0.05, 0.1) is 13.2 Å². The molecule has 0 heterocycles. The fraction of sp³-hybridized carbons (Fsp3) is 0.400. The highest BCUT2D eigenvalue weighted by Gasteiger charge is 2.27. The van der Waals surface area contributed by atoms with Gasteiger partial charge >= 0.3 is 0 Å². The lowest BCUT2D eigenvalue weighted by Crippen LogP contribution is -2.07. The maximum absolute atomic E-state index is 13.2. The van der Waals surface area contributed by atoms with Gasteiger partial charge in [-0.15, -0.1) is 0 Å².